The van der Waals surface area contributed by atoms with E-state index < -0.39 is 0 Å². The minimum absolute atomic E-state index is 0.0322. The molecule has 0 saturated heterocycles. The lowest BCUT2D eigenvalue weighted by Gasteiger charge is -2.36. The third-order valence-electron chi connectivity index (χ3n) is 3.55. The van der Waals surface area contributed by atoms with Crippen molar-refractivity contribution in [2.24, 2.45) is 0 Å². The van der Waals surface area contributed by atoms with E-state index in [2.05, 4.69) is 19.9 Å². The number of hydrogen-bond donors (Lipinski definition) is 0. The molecule has 0 saturated carbocycles. The van der Waals surface area contributed by atoms with Crippen molar-refractivity contribution in [3.63, 3.8) is 0 Å². The summed E-state index contributed by atoms with van der Waals surface area (Å²) in [5.41, 5.74) is 1.93. The van der Waals surface area contributed by atoms with Crippen LogP contribution in [0.4, 0.5) is 0 Å². The molecule has 0 aliphatic carbocycles. The summed E-state index contributed by atoms with van der Waals surface area (Å²) in [6.45, 7) is 4.83. The monoisotopic (exact) mass is 204 g/mol. The van der Waals surface area contributed by atoms with Gasteiger partial charge in [-0.2, -0.15) is 0 Å². The van der Waals surface area contributed by atoms with Gasteiger partial charge in [-0.25, -0.2) is 4.79 Å². The first-order valence-electron chi connectivity index (χ1n) is 5.50. The minimum atomic E-state index is -0.178. The summed E-state index contributed by atoms with van der Waals surface area (Å²) < 4.78 is 5.26. The van der Waals surface area contributed by atoms with Crippen LogP contribution in [0.15, 0.2) is 24.3 Å². The largest absolute Gasteiger partial charge is 0.461 e. The molecule has 0 fully saturated rings. The summed E-state index contributed by atoms with van der Waals surface area (Å²) in [5.74, 6) is -0.178. The second-order valence-electron chi connectivity index (χ2n) is 4.11. The van der Waals surface area contributed by atoms with E-state index in [4.69, 9.17) is 4.74 Å². The molecule has 2 rings (SSSR count). The van der Waals surface area contributed by atoms with Crippen molar-refractivity contribution in [1.82, 2.24) is 0 Å². The van der Waals surface area contributed by atoms with Crippen LogP contribution in [0.5, 0.6) is 0 Å². The Kier molecular flexibility index (Phi) is 2.51. The summed E-state index contributed by atoms with van der Waals surface area (Å²) in [6.07, 6.45) is 2.02. The van der Waals surface area contributed by atoms with Gasteiger partial charge in [-0.3, -0.25) is 0 Å². The minimum Gasteiger partial charge on any atom is -0.461 e. The lowest BCUT2D eigenvalue weighted by molar-refractivity contribution is 0.0324. The highest BCUT2D eigenvalue weighted by molar-refractivity contribution is 5.92. The van der Waals surface area contributed by atoms with Gasteiger partial charge in [0.25, 0.3) is 0 Å². The molecule has 0 N–H and O–H groups in total. The molecule has 15 heavy (non-hydrogen) atoms. The molecule has 1 aliphatic heterocycles. The van der Waals surface area contributed by atoms with Crippen molar-refractivity contribution in [1.29, 1.82) is 0 Å². The van der Waals surface area contributed by atoms with Crippen LogP contribution in [0, 0.1) is 0 Å². The third kappa shape index (κ3) is 1.44. The Hall–Kier alpha value is -1.31. The predicted molar refractivity (Wildman–Crippen MR) is 59.0 cm³/mol. The maximum absolute atomic E-state index is 11.6. The Labute approximate surface area is 90.3 Å². The molecular weight excluding hydrogens is 188 g/mol. The molecule has 1 aliphatic rings. The number of carbonyl (C=O) groups is 1. The first kappa shape index (κ1) is 10.2. The maximum Gasteiger partial charge on any atom is 0.338 e. The summed E-state index contributed by atoms with van der Waals surface area (Å²) in [5, 5.41) is 0. The smallest absolute Gasteiger partial charge is 0.338 e. The van der Waals surface area contributed by atoms with E-state index in [0.29, 0.717) is 6.61 Å². The second kappa shape index (κ2) is 3.69. The summed E-state index contributed by atoms with van der Waals surface area (Å²) in [6, 6.07) is 7.80. The highest BCUT2D eigenvalue weighted by atomic mass is 16.5. The van der Waals surface area contributed by atoms with E-state index in [1.54, 1.807) is 0 Å². The number of ether oxygens (including phenoxy) is 1. The molecule has 0 atom stereocenters. The fourth-order valence-electron chi connectivity index (χ4n) is 2.32. The Morgan fingerprint density at radius 3 is 2.60 bits per heavy atom. The van der Waals surface area contributed by atoms with E-state index in [-0.39, 0.29) is 11.4 Å². The van der Waals surface area contributed by atoms with Gasteiger partial charge in [0.15, 0.2) is 0 Å². The normalized spacial score (nSPS) is 18.1. The van der Waals surface area contributed by atoms with E-state index in [1.165, 1.54) is 0 Å². The summed E-state index contributed by atoms with van der Waals surface area (Å²) in [4.78, 5) is 11.6. The number of rotatable bonds is 2. The molecule has 1 aromatic rings. The van der Waals surface area contributed by atoms with Crippen LogP contribution in [0.1, 0.15) is 42.6 Å². The SMILES string of the molecule is CCC1(CC)COC(=O)c2ccccc21. The van der Waals surface area contributed by atoms with Crippen molar-refractivity contribution >= 4 is 5.97 Å². The van der Waals surface area contributed by atoms with Gasteiger partial charge in [-0.15, -0.1) is 0 Å². The van der Waals surface area contributed by atoms with Crippen molar-refractivity contribution in [2.75, 3.05) is 6.61 Å². The van der Waals surface area contributed by atoms with Gasteiger partial charge in [0, 0.05) is 5.41 Å². The second-order valence-corrected chi connectivity index (χ2v) is 4.11. The van der Waals surface area contributed by atoms with Gasteiger partial charge < -0.3 is 4.74 Å². The number of benzene rings is 1. The van der Waals surface area contributed by atoms with Crippen LogP contribution in [0.2, 0.25) is 0 Å². The van der Waals surface area contributed by atoms with Crippen LogP contribution >= 0.6 is 0 Å². The standard InChI is InChI=1S/C13H16O2/c1-3-13(4-2)9-15-12(14)10-7-5-6-8-11(10)13/h5-8H,3-4,9H2,1-2H3. The lowest BCUT2D eigenvalue weighted by Crippen LogP contribution is -2.38. The fraction of sp³-hybridized carbons (Fsp3) is 0.462. The molecule has 0 amide bonds. The molecule has 80 valence electrons. The molecule has 1 aromatic carbocycles. The van der Waals surface area contributed by atoms with Crippen LogP contribution in [0.3, 0.4) is 0 Å². The zero-order chi connectivity index (χ0) is 10.9. The topological polar surface area (TPSA) is 26.3 Å². The van der Waals surface area contributed by atoms with Gasteiger partial charge in [0.2, 0.25) is 0 Å². The van der Waals surface area contributed by atoms with Crippen LogP contribution in [0.25, 0.3) is 0 Å². The zero-order valence-electron chi connectivity index (χ0n) is 9.25. The Bertz CT molecular complexity index is 378. The van der Waals surface area contributed by atoms with Crippen molar-refractivity contribution in [3.8, 4) is 0 Å². The number of hydrogen-bond acceptors (Lipinski definition) is 2. The first-order valence-corrected chi connectivity index (χ1v) is 5.50. The molecule has 0 bridgehead atoms. The molecule has 2 nitrogen and oxygen atoms in total. The zero-order valence-corrected chi connectivity index (χ0v) is 9.25. The van der Waals surface area contributed by atoms with Crippen LogP contribution in [-0.4, -0.2) is 12.6 Å². The molecule has 1 heterocycles. The van der Waals surface area contributed by atoms with Crippen LogP contribution in [-0.2, 0) is 10.2 Å². The number of esters is 1. The quantitative estimate of drug-likeness (QED) is 0.692. The molecular formula is C13H16O2. The van der Waals surface area contributed by atoms with Gasteiger partial charge in [-0.05, 0) is 24.5 Å². The Morgan fingerprint density at radius 2 is 1.93 bits per heavy atom. The molecule has 0 unspecified atom stereocenters. The average molecular weight is 204 g/mol. The van der Waals surface area contributed by atoms with Crippen LogP contribution < -0.4 is 0 Å². The molecule has 0 radical (unpaired) electrons. The van der Waals surface area contributed by atoms with Gasteiger partial charge in [0.1, 0.15) is 6.61 Å². The lowest BCUT2D eigenvalue weighted by atomic mass is 9.73. The van der Waals surface area contributed by atoms with Crippen molar-refractivity contribution in [3.05, 3.63) is 35.4 Å². The highest BCUT2D eigenvalue weighted by Crippen LogP contribution is 2.37. The van der Waals surface area contributed by atoms with Crippen molar-refractivity contribution in [2.45, 2.75) is 32.1 Å². The van der Waals surface area contributed by atoms with E-state index in [1.807, 2.05) is 18.2 Å². The predicted octanol–water partition coefficient (Wildman–Crippen LogP) is 2.91. The summed E-state index contributed by atoms with van der Waals surface area (Å²) in [7, 11) is 0. The first-order chi connectivity index (χ1) is 7.23. The number of carbonyl (C=O) groups excluding carboxylic acids is 1. The van der Waals surface area contributed by atoms with E-state index in [0.717, 1.165) is 24.0 Å². The molecule has 0 spiro atoms. The van der Waals surface area contributed by atoms with Gasteiger partial charge in [0.05, 0.1) is 5.56 Å². The third-order valence-corrected chi connectivity index (χ3v) is 3.55. The van der Waals surface area contributed by atoms with Gasteiger partial charge in [-0.1, -0.05) is 32.0 Å². The van der Waals surface area contributed by atoms with Gasteiger partial charge >= 0.3 is 5.97 Å². The average Bonchev–Trinajstić information content (AvgIpc) is 2.31. The molecule has 0 aromatic heterocycles. The summed E-state index contributed by atoms with van der Waals surface area (Å²) >= 11 is 0. The molecule has 2 heteroatoms. The Morgan fingerprint density at radius 1 is 1.27 bits per heavy atom. The highest BCUT2D eigenvalue weighted by Gasteiger charge is 2.37. The van der Waals surface area contributed by atoms with Crippen molar-refractivity contribution < 1.29 is 9.53 Å². The Balaban J connectivity index is 2.57. The maximum atomic E-state index is 11.6. The fourth-order valence-corrected chi connectivity index (χ4v) is 2.32. The van der Waals surface area contributed by atoms with E-state index >= 15 is 0 Å². The van der Waals surface area contributed by atoms with E-state index in [9.17, 15) is 4.79 Å². The number of fused-ring (bicyclic) bond motifs is 1. The number of cyclic esters (lactones) is 1.